The maximum atomic E-state index is 14.5. The van der Waals surface area contributed by atoms with E-state index < -0.39 is 16.1 Å². The molecule has 0 aliphatic carbocycles. The molecule has 0 radical (unpaired) electrons. The maximum absolute atomic E-state index is 14.5. The van der Waals surface area contributed by atoms with E-state index in [4.69, 9.17) is 14.5 Å². The SMILES string of the molecule is Cc1cccc(C)c1-c1cc2nc(n1)NS(=O)(=O)c1cccc(c1)C(=O)N(Cc1ccc(N3CC4(CCOC4)C3)cn1)[C@H](CC(C)(C)C)CO2. The summed E-state index contributed by atoms with van der Waals surface area (Å²) in [6.45, 7) is 14.2. The first kappa shape index (κ1) is 33.9. The first-order valence-electron chi connectivity index (χ1n) is 17.1. The average Bonchev–Trinajstić information content (AvgIpc) is 3.55. The molecule has 1 atom stereocenters. The van der Waals surface area contributed by atoms with E-state index in [0.717, 1.165) is 60.8 Å². The number of sulfonamides is 1. The van der Waals surface area contributed by atoms with E-state index in [1.807, 2.05) is 44.3 Å². The van der Waals surface area contributed by atoms with Gasteiger partial charge in [-0.1, -0.05) is 45.0 Å². The Bertz CT molecular complexity index is 1990. The summed E-state index contributed by atoms with van der Waals surface area (Å²) in [6.07, 6.45) is 3.56. The molecule has 2 aromatic carbocycles. The quantitative estimate of drug-likeness (QED) is 0.267. The highest BCUT2D eigenvalue weighted by molar-refractivity contribution is 7.92. The van der Waals surface area contributed by atoms with Gasteiger partial charge in [0.2, 0.25) is 11.8 Å². The highest BCUT2D eigenvalue weighted by Gasteiger charge is 2.46. The monoisotopic (exact) mass is 696 g/mol. The summed E-state index contributed by atoms with van der Waals surface area (Å²) >= 11 is 0. The first-order chi connectivity index (χ1) is 23.8. The van der Waals surface area contributed by atoms with Crippen molar-refractivity contribution in [1.82, 2.24) is 19.9 Å². The minimum atomic E-state index is -4.16. The van der Waals surface area contributed by atoms with Crippen LogP contribution in [0.4, 0.5) is 11.6 Å². The molecular weight excluding hydrogens is 653 g/mol. The van der Waals surface area contributed by atoms with Gasteiger partial charge >= 0.3 is 0 Å². The van der Waals surface area contributed by atoms with E-state index in [1.54, 1.807) is 23.1 Å². The number of nitrogens with one attached hydrogen (secondary N) is 1. The minimum Gasteiger partial charge on any atom is -0.475 e. The second kappa shape index (κ2) is 13.0. The molecule has 11 nitrogen and oxygen atoms in total. The number of rotatable bonds is 5. The predicted octanol–water partition coefficient (Wildman–Crippen LogP) is 6.02. The normalized spacial score (nSPS) is 19.9. The highest BCUT2D eigenvalue weighted by atomic mass is 32.2. The highest BCUT2D eigenvalue weighted by Crippen LogP contribution is 2.40. The lowest BCUT2D eigenvalue weighted by Gasteiger charge is -2.48. The Hall–Kier alpha value is -4.55. The van der Waals surface area contributed by atoms with Crippen LogP contribution in [0.1, 0.15) is 60.8 Å². The minimum absolute atomic E-state index is 0.0686. The molecule has 4 bridgehead atoms. The molecule has 1 amide bonds. The number of pyridine rings is 1. The summed E-state index contributed by atoms with van der Waals surface area (Å²) in [7, 11) is -4.16. The van der Waals surface area contributed by atoms with Crippen molar-refractivity contribution in [3.05, 3.63) is 89.2 Å². The van der Waals surface area contributed by atoms with Crippen molar-refractivity contribution in [1.29, 1.82) is 0 Å². The Kier molecular flexibility index (Phi) is 8.80. The number of benzene rings is 2. The lowest BCUT2D eigenvalue weighted by Crippen LogP contribution is -2.57. The third kappa shape index (κ3) is 7.04. The number of hydrogen-bond acceptors (Lipinski definition) is 9. The van der Waals surface area contributed by atoms with Crippen LogP contribution in [0.5, 0.6) is 5.88 Å². The molecule has 0 saturated carbocycles. The fraction of sp³-hybridized carbons (Fsp3) is 0.421. The molecule has 3 aliphatic rings. The Morgan fingerprint density at radius 3 is 2.44 bits per heavy atom. The van der Waals surface area contributed by atoms with Gasteiger partial charge in [0.25, 0.3) is 15.9 Å². The van der Waals surface area contributed by atoms with Gasteiger partial charge < -0.3 is 19.3 Å². The standard InChI is InChI=1S/C38H44N6O5S/c1-25-8-6-9-26(2)34(25)32-17-33-41-36(40-32)42-50(46,47)31-11-7-10-27(16-31)35(45)44(30(21-49-33)18-37(3,4)5)20-28-12-13-29(19-39-28)43-22-38(23-43)14-15-48-24-38/h6-13,16-17,19,30H,14-15,18,20-24H2,1-5H3,(H,40,41,42)/t30-/m1/s1. The van der Waals surface area contributed by atoms with Crippen LogP contribution in [-0.2, 0) is 21.3 Å². The molecule has 1 N–H and O–H groups in total. The summed E-state index contributed by atoms with van der Waals surface area (Å²) in [6, 6.07) is 17.4. The van der Waals surface area contributed by atoms with Gasteiger partial charge in [0.1, 0.15) is 6.61 Å². The average molecular weight is 697 g/mol. The van der Waals surface area contributed by atoms with Gasteiger partial charge in [-0.3, -0.25) is 9.78 Å². The number of hydrogen-bond donors (Lipinski definition) is 1. The molecule has 2 saturated heterocycles. The lowest BCUT2D eigenvalue weighted by atomic mass is 9.79. The van der Waals surface area contributed by atoms with Gasteiger partial charge in [0, 0.05) is 42.3 Å². The first-order valence-corrected chi connectivity index (χ1v) is 18.6. The Morgan fingerprint density at radius 2 is 1.76 bits per heavy atom. The number of aryl methyl sites for hydroxylation is 2. The summed E-state index contributed by atoms with van der Waals surface area (Å²) in [5, 5.41) is 0. The molecule has 12 heteroatoms. The van der Waals surface area contributed by atoms with Crippen LogP contribution >= 0.6 is 0 Å². The van der Waals surface area contributed by atoms with Gasteiger partial charge in [-0.2, -0.15) is 4.98 Å². The topological polar surface area (TPSA) is 127 Å². The summed E-state index contributed by atoms with van der Waals surface area (Å²) < 4.78 is 42.0. The fourth-order valence-corrected chi connectivity index (χ4v) is 8.25. The Labute approximate surface area is 294 Å². The molecule has 7 rings (SSSR count). The molecular formula is C38H44N6O5S. The summed E-state index contributed by atoms with van der Waals surface area (Å²) in [5.41, 5.74) is 5.45. The second-order valence-corrected chi connectivity index (χ2v) is 16.8. The van der Waals surface area contributed by atoms with E-state index in [1.165, 1.54) is 12.1 Å². The third-order valence-corrected chi connectivity index (χ3v) is 11.1. The zero-order valence-corrected chi connectivity index (χ0v) is 30.1. The smallest absolute Gasteiger partial charge is 0.264 e. The van der Waals surface area contributed by atoms with Crippen LogP contribution in [0.2, 0.25) is 0 Å². The van der Waals surface area contributed by atoms with E-state index in [2.05, 4.69) is 46.4 Å². The van der Waals surface area contributed by atoms with Crippen molar-refractivity contribution >= 4 is 27.6 Å². The Balaban J connectivity index is 1.26. The van der Waals surface area contributed by atoms with Crippen LogP contribution in [0, 0.1) is 24.7 Å². The maximum Gasteiger partial charge on any atom is 0.264 e. The van der Waals surface area contributed by atoms with Crippen molar-refractivity contribution in [2.45, 2.75) is 64.9 Å². The molecule has 4 aromatic rings. The van der Waals surface area contributed by atoms with Crippen LogP contribution in [0.25, 0.3) is 11.3 Å². The predicted molar refractivity (Wildman–Crippen MR) is 192 cm³/mol. The number of nitrogens with zero attached hydrogens (tertiary/aromatic N) is 5. The van der Waals surface area contributed by atoms with Crippen molar-refractivity contribution < 1.29 is 22.7 Å². The van der Waals surface area contributed by atoms with E-state index in [0.29, 0.717) is 12.1 Å². The molecule has 3 aliphatic heterocycles. The van der Waals surface area contributed by atoms with E-state index in [9.17, 15) is 13.2 Å². The zero-order chi connectivity index (χ0) is 35.3. The number of aromatic nitrogens is 3. The summed E-state index contributed by atoms with van der Waals surface area (Å²) in [4.78, 5) is 32.4. The number of anilines is 2. The number of ether oxygens (including phenoxy) is 2. The molecule has 5 heterocycles. The molecule has 262 valence electrons. The van der Waals surface area contributed by atoms with Crippen LogP contribution in [0.15, 0.2) is 71.8 Å². The number of carbonyl (C=O) groups is 1. The number of amides is 1. The lowest BCUT2D eigenvalue weighted by molar-refractivity contribution is 0.0509. The third-order valence-electron chi connectivity index (χ3n) is 9.77. The largest absolute Gasteiger partial charge is 0.475 e. The molecule has 0 unspecified atom stereocenters. The van der Waals surface area contributed by atoms with Gasteiger partial charge in [-0.05, 0) is 73.6 Å². The molecule has 1 spiro atoms. The molecule has 50 heavy (non-hydrogen) atoms. The van der Waals surface area contributed by atoms with Crippen LogP contribution in [-0.4, -0.2) is 73.1 Å². The second-order valence-electron chi connectivity index (χ2n) is 15.1. The van der Waals surface area contributed by atoms with Gasteiger partial charge in [-0.25, -0.2) is 18.1 Å². The fourth-order valence-electron chi connectivity index (χ4n) is 7.26. The Morgan fingerprint density at radius 1 is 1.00 bits per heavy atom. The van der Waals surface area contributed by atoms with Crippen LogP contribution < -0.4 is 14.4 Å². The van der Waals surface area contributed by atoms with Gasteiger partial charge in [-0.15, -0.1) is 0 Å². The molecule has 2 aromatic heterocycles. The number of carbonyl (C=O) groups excluding carboxylic acids is 1. The van der Waals surface area contributed by atoms with Crippen molar-refractivity contribution in [2.75, 3.05) is 42.5 Å². The van der Waals surface area contributed by atoms with Crippen LogP contribution in [0.3, 0.4) is 0 Å². The zero-order valence-electron chi connectivity index (χ0n) is 29.3. The van der Waals surface area contributed by atoms with E-state index >= 15 is 0 Å². The van der Waals surface area contributed by atoms with Crippen molar-refractivity contribution in [3.8, 4) is 17.1 Å². The molecule has 2 fully saturated rings. The number of fused-ring (bicyclic) bond motifs is 4. The van der Waals surface area contributed by atoms with Crippen molar-refractivity contribution in [2.24, 2.45) is 10.8 Å². The van der Waals surface area contributed by atoms with Gasteiger partial charge in [0.15, 0.2) is 0 Å². The van der Waals surface area contributed by atoms with E-state index in [-0.39, 0.29) is 52.2 Å². The summed E-state index contributed by atoms with van der Waals surface area (Å²) in [5.74, 6) is -0.224. The van der Waals surface area contributed by atoms with Gasteiger partial charge in [0.05, 0.1) is 47.4 Å². The van der Waals surface area contributed by atoms with Crippen molar-refractivity contribution in [3.63, 3.8) is 0 Å².